The highest BCUT2D eigenvalue weighted by atomic mass is 16.6. The van der Waals surface area contributed by atoms with Crippen molar-refractivity contribution in [2.24, 2.45) is 11.0 Å². The van der Waals surface area contributed by atoms with Gasteiger partial charge in [-0.3, -0.25) is 0 Å². The lowest BCUT2D eigenvalue weighted by Gasteiger charge is -2.29. The summed E-state index contributed by atoms with van der Waals surface area (Å²) >= 11 is 0. The van der Waals surface area contributed by atoms with Gasteiger partial charge < -0.3 is 4.74 Å². The topological polar surface area (TPSA) is 41.9 Å². The van der Waals surface area contributed by atoms with Gasteiger partial charge in [-0.1, -0.05) is 65.4 Å². The SMILES string of the molecule is C=CC(CC(C)C)N(/N=C/CCCCCCCCC)C(=O)OC(C)(C)C. The van der Waals surface area contributed by atoms with Crippen molar-refractivity contribution in [1.29, 1.82) is 0 Å². The van der Waals surface area contributed by atoms with E-state index in [1.807, 2.05) is 27.0 Å². The minimum Gasteiger partial charge on any atom is -0.442 e. The molecular formula is C22H42N2O2. The Hall–Kier alpha value is -1.32. The largest absolute Gasteiger partial charge is 0.442 e. The van der Waals surface area contributed by atoms with Gasteiger partial charge in [0.15, 0.2) is 0 Å². The Labute approximate surface area is 162 Å². The maximum absolute atomic E-state index is 12.5. The summed E-state index contributed by atoms with van der Waals surface area (Å²) in [4.78, 5) is 12.5. The molecule has 0 aromatic heterocycles. The zero-order valence-electron chi connectivity index (χ0n) is 18.1. The summed E-state index contributed by atoms with van der Waals surface area (Å²) in [7, 11) is 0. The summed E-state index contributed by atoms with van der Waals surface area (Å²) in [6, 6.07) is -0.143. The van der Waals surface area contributed by atoms with Crippen LogP contribution in [0.3, 0.4) is 0 Å². The third kappa shape index (κ3) is 13.0. The Kier molecular flexibility index (Phi) is 13.1. The van der Waals surface area contributed by atoms with Gasteiger partial charge in [0.05, 0.1) is 6.04 Å². The molecule has 0 fully saturated rings. The van der Waals surface area contributed by atoms with E-state index in [1.165, 1.54) is 43.5 Å². The molecule has 1 atom stereocenters. The molecule has 4 heteroatoms. The first-order valence-corrected chi connectivity index (χ1v) is 10.4. The summed E-state index contributed by atoms with van der Waals surface area (Å²) in [5.74, 6) is 0.446. The summed E-state index contributed by atoms with van der Waals surface area (Å²) < 4.78 is 5.52. The van der Waals surface area contributed by atoms with Crippen LogP contribution in [0, 0.1) is 5.92 Å². The van der Waals surface area contributed by atoms with E-state index in [2.05, 4.69) is 32.5 Å². The third-order valence-corrected chi connectivity index (χ3v) is 4.02. The van der Waals surface area contributed by atoms with Crippen molar-refractivity contribution in [3.8, 4) is 0 Å². The standard InChI is InChI=1S/C22H42N2O2/c1-8-10-11-12-13-14-15-16-17-23-24(20(9-2)18-19(3)4)21(25)26-22(5,6)7/h9,17,19-20H,2,8,10-16,18H2,1,3-7H3/b23-17+. The van der Waals surface area contributed by atoms with Gasteiger partial charge in [0.2, 0.25) is 0 Å². The molecule has 1 amide bonds. The van der Waals surface area contributed by atoms with Crippen molar-refractivity contribution in [3.63, 3.8) is 0 Å². The number of hydrogen-bond donors (Lipinski definition) is 0. The number of nitrogens with zero attached hydrogens (tertiary/aromatic N) is 2. The van der Waals surface area contributed by atoms with Crippen LogP contribution in [0.15, 0.2) is 17.8 Å². The molecule has 0 saturated carbocycles. The number of unbranched alkanes of at least 4 members (excludes halogenated alkanes) is 7. The molecule has 0 bridgehead atoms. The zero-order chi connectivity index (χ0) is 20.0. The predicted octanol–water partition coefficient (Wildman–Crippen LogP) is 6.95. The molecule has 0 aromatic carbocycles. The molecule has 0 rings (SSSR count). The number of hydrazone groups is 1. The number of rotatable bonds is 13. The molecule has 0 N–H and O–H groups in total. The first-order chi connectivity index (χ1) is 12.2. The monoisotopic (exact) mass is 366 g/mol. The Morgan fingerprint density at radius 1 is 1.12 bits per heavy atom. The van der Waals surface area contributed by atoms with E-state index < -0.39 is 11.7 Å². The molecule has 26 heavy (non-hydrogen) atoms. The van der Waals surface area contributed by atoms with Gasteiger partial charge in [-0.2, -0.15) is 10.1 Å². The van der Waals surface area contributed by atoms with Crippen LogP contribution in [0.25, 0.3) is 0 Å². The lowest BCUT2D eigenvalue weighted by molar-refractivity contribution is 0.0191. The Morgan fingerprint density at radius 2 is 1.69 bits per heavy atom. The number of ether oxygens (including phenoxy) is 1. The van der Waals surface area contributed by atoms with Crippen molar-refractivity contribution in [2.45, 2.75) is 111 Å². The summed E-state index contributed by atoms with van der Waals surface area (Å²) in [6.07, 6.45) is 13.8. The third-order valence-electron chi connectivity index (χ3n) is 4.02. The van der Waals surface area contributed by atoms with Gasteiger partial charge in [0, 0.05) is 6.21 Å². The summed E-state index contributed by atoms with van der Waals surface area (Å²) in [5.41, 5.74) is -0.535. The first-order valence-electron chi connectivity index (χ1n) is 10.4. The van der Waals surface area contributed by atoms with Crippen molar-refractivity contribution in [2.75, 3.05) is 0 Å². The highest BCUT2D eigenvalue weighted by molar-refractivity contribution is 5.70. The summed E-state index contributed by atoms with van der Waals surface area (Å²) in [5, 5.41) is 5.90. The quantitative estimate of drug-likeness (QED) is 0.153. The van der Waals surface area contributed by atoms with Crippen LogP contribution in [0.4, 0.5) is 4.79 Å². The Morgan fingerprint density at radius 3 is 2.19 bits per heavy atom. The van der Waals surface area contributed by atoms with Gasteiger partial charge in [0.1, 0.15) is 5.60 Å². The van der Waals surface area contributed by atoms with E-state index in [4.69, 9.17) is 4.74 Å². The Balaban J connectivity index is 4.60. The molecule has 0 aromatic rings. The van der Waals surface area contributed by atoms with Crippen LogP contribution >= 0.6 is 0 Å². The van der Waals surface area contributed by atoms with Gasteiger partial charge in [-0.05, 0) is 46.0 Å². The highest BCUT2D eigenvalue weighted by Crippen LogP contribution is 2.18. The van der Waals surface area contributed by atoms with Crippen molar-refractivity contribution < 1.29 is 9.53 Å². The van der Waals surface area contributed by atoms with Crippen molar-refractivity contribution in [3.05, 3.63) is 12.7 Å². The van der Waals surface area contributed by atoms with Crippen LogP contribution in [0.5, 0.6) is 0 Å². The molecule has 0 heterocycles. The summed E-state index contributed by atoms with van der Waals surface area (Å²) in [6.45, 7) is 16.0. The average Bonchev–Trinajstić information content (AvgIpc) is 2.53. The highest BCUT2D eigenvalue weighted by Gasteiger charge is 2.27. The van der Waals surface area contributed by atoms with E-state index in [0.717, 1.165) is 19.3 Å². The molecule has 0 radical (unpaired) electrons. The second-order valence-electron chi connectivity index (χ2n) is 8.47. The second-order valence-corrected chi connectivity index (χ2v) is 8.47. The van der Waals surface area contributed by atoms with Crippen LogP contribution < -0.4 is 0 Å². The lowest BCUT2D eigenvalue weighted by atomic mass is 10.0. The van der Waals surface area contributed by atoms with Gasteiger partial charge in [-0.15, -0.1) is 6.58 Å². The normalized spacial score (nSPS) is 13.2. The molecule has 4 nitrogen and oxygen atoms in total. The van der Waals surface area contributed by atoms with E-state index >= 15 is 0 Å². The van der Waals surface area contributed by atoms with E-state index in [9.17, 15) is 4.79 Å². The molecule has 0 spiro atoms. The minimum absolute atomic E-state index is 0.143. The van der Waals surface area contributed by atoms with E-state index in [1.54, 1.807) is 6.08 Å². The molecule has 0 aliphatic carbocycles. The van der Waals surface area contributed by atoms with E-state index in [0.29, 0.717) is 5.92 Å². The minimum atomic E-state index is -0.535. The van der Waals surface area contributed by atoms with Crippen LogP contribution in [-0.2, 0) is 4.74 Å². The van der Waals surface area contributed by atoms with Crippen molar-refractivity contribution in [1.82, 2.24) is 5.01 Å². The number of carbonyl (C=O) groups excluding carboxylic acids is 1. The van der Waals surface area contributed by atoms with Crippen LogP contribution in [0.1, 0.15) is 99.3 Å². The van der Waals surface area contributed by atoms with Crippen LogP contribution in [0.2, 0.25) is 0 Å². The van der Waals surface area contributed by atoms with Crippen LogP contribution in [-0.4, -0.2) is 29.0 Å². The maximum Gasteiger partial charge on any atom is 0.431 e. The fourth-order valence-corrected chi connectivity index (χ4v) is 2.69. The number of hydrogen-bond acceptors (Lipinski definition) is 3. The fourth-order valence-electron chi connectivity index (χ4n) is 2.69. The zero-order valence-corrected chi connectivity index (χ0v) is 18.1. The van der Waals surface area contributed by atoms with Gasteiger partial charge in [0.25, 0.3) is 0 Å². The fraction of sp³-hybridized carbons (Fsp3) is 0.818. The molecular weight excluding hydrogens is 324 g/mol. The van der Waals surface area contributed by atoms with Crippen molar-refractivity contribution >= 4 is 12.3 Å². The maximum atomic E-state index is 12.5. The second kappa shape index (κ2) is 13.8. The lowest BCUT2D eigenvalue weighted by Crippen LogP contribution is -2.40. The van der Waals surface area contributed by atoms with Gasteiger partial charge in [-0.25, -0.2) is 4.79 Å². The smallest absolute Gasteiger partial charge is 0.431 e. The predicted molar refractivity (Wildman–Crippen MR) is 113 cm³/mol. The number of carbonyl (C=O) groups is 1. The van der Waals surface area contributed by atoms with Gasteiger partial charge >= 0.3 is 6.09 Å². The molecule has 152 valence electrons. The first kappa shape index (κ1) is 24.7. The Bertz CT molecular complexity index is 411. The average molecular weight is 367 g/mol. The molecule has 1 unspecified atom stereocenters. The number of amides is 1. The molecule has 0 saturated heterocycles. The molecule has 0 aliphatic heterocycles. The molecule has 0 aliphatic rings. The van der Waals surface area contributed by atoms with E-state index in [-0.39, 0.29) is 6.04 Å².